The van der Waals surface area contributed by atoms with E-state index < -0.39 is 29.3 Å². The summed E-state index contributed by atoms with van der Waals surface area (Å²) in [5, 5.41) is 2.63. The van der Waals surface area contributed by atoms with Crippen LogP contribution in [0.25, 0.3) is 0 Å². The van der Waals surface area contributed by atoms with E-state index >= 15 is 0 Å². The van der Waals surface area contributed by atoms with E-state index in [2.05, 4.69) is 5.32 Å². The van der Waals surface area contributed by atoms with Gasteiger partial charge in [-0.05, 0) is 54.8 Å². The first kappa shape index (κ1) is 18.0. The Balaban J connectivity index is 1.55. The van der Waals surface area contributed by atoms with Crippen molar-refractivity contribution in [1.82, 2.24) is 5.32 Å². The molecule has 1 N–H and O–H groups in total. The highest BCUT2D eigenvalue weighted by Gasteiger charge is 2.37. The average molecular weight is 362 g/mol. The van der Waals surface area contributed by atoms with E-state index in [0.717, 1.165) is 6.07 Å². The molecule has 0 spiro atoms. The predicted molar refractivity (Wildman–Crippen MR) is 89.9 cm³/mol. The fourth-order valence-electron chi connectivity index (χ4n) is 3.01. The van der Waals surface area contributed by atoms with Crippen molar-refractivity contribution in [2.24, 2.45) is 5.92 Å². The molecule has 136 valence electrons. The quantitative estimate of drug-likeness (QED) is 0.832. The maximum atomic E-state index is 13.1. The van der Waals surface area contributed by atoms with Crippen LogP contribution < -0.4 is 10.2 Å². The maximum absolute atomic E-state index is 13.1. The monoisotopic (exact) mass is 362 g/mol. The van der Waals surface area contributed by atoms with Gasteiger partial charge in [0, 0.05) is 24.8 Å². The molecule has 0 bridgehead atoms. The third kappa shape index (κ3) is 4.04. The fraction of sp³-hybridized carbons (Fsp3) is 0.263. The molecule has 1 aliphatic rings. The molecule has 0 aliphatic carbocycles. The van der Waals surface area contributed by atoms with Crippen molar-refractivity contribution in [3.63, 3.8) is 0 Å². The Hall–Kier alpha value is -2.83. The summed E-state index contributed by atoms with van der Waals surface area (Å²) in [4.78, 5) is 26.1. The zero-order valence-corrected chi connectivity index (χ0v) is 13.8. The minimum Gasteiger partial charge on any atom is -0.355 e. The number of carbonyl (C=O) groups is 2. The van der Waals surface area contributed by atoms with E-state index in [1.54, 1.807) is 0 Å². The van der Waals surface area contributed by atoms with Gasteiger partial charge >= 0.3 is 0 Å². The lowest BCUT2D eigenvalue weighted by Crippen LogP contribution is -2.37. The number of anilines is 1. The van der Waals surface area contributed by atoms with Crippen LogP contribution in [-0.2, 0) is 16.0 Å². The molecule has 0 saturated carbocycles. The van der Waals surface area contributed by atoms with Gasteiger partial charge in [0.1, 0.15) is 23.4 Å². The van der Waals surface area contributed by atoms with Crippen molar-refractivity contribution < 1.29 is 22.8 Å². The first-order valence-electron chi connectivity index (χ1n) is 8.23. The standard InChI is InChI=1S/C19H17F3N2O2/c20-13-1-3-16(4-2-13)24-8-6-17(19(24)26)18(25)23-7-5-12-9-14(21)11-15(22)10-12/h1-4,9-11,17H,5-8H2,(H,23,25). The molecule has 1 heterocycles. The highest BCUT2D eigenvalue weighted by molar-refractivity contribution is 6.09. The van der Waals surface area contributed by atoms with E-state index in [0.29, 0.717) is 24.2 Å². The summed E-state index contributed by atoms with van der Waals surface area (Å²) >= 11 is 0. The topological polar surface area (TPSA) is 49.4 Å². The Morgan fingerprint density at radius 1 is 1.04 bits per heavy atom. The Labute approximate surface area is 148 Å². The van der Waals surface area contributed by atoms with Gasteiger partial charge in [-0.3, -0.25) is 9.59 Å². The third-order valence-corrected chi connectivity index (χ3v) is 4.30. The van der Waals surface area contributed by atoms with E-state index in [1.807, 2.05) is 0 Å². The Bertz CT molecular complexity index is 804. The zero-order valence-electron chi connectivity index (χ0n) is 13.8. The molecule has 2 amide bonds. The van der Waals surface area contributed by atoms with Gasteiger partial charge < -0.3 is 10.2 Å². The predicted octanol–water partition coefficient (Wildman–Crippen LogP) is 2.82. The van der Waals surface area contributed by atoms with Gasteiger partial charge in [-0.2, -0.15) is 0 Å². The number of rotatable bonds is 5. The summed E-state index contributed by atoms with van der Waals surface area (Å²) in [7, 11) is 0. The number of carbonyl (C=O) groups excluding carboxylic acids is 2. The minimum atomic E-state index is -0.815. The number of benzene rings is 2. The molecule has 1 saturated heterocycles. The van der Waals surface area contributed by atoms with Gasteiger partial charge in [-0.15, -0.1) is 0 Å². The van der Waals surface area contributed by atoms with Crippen LogP contribution in [0.1, 0.15) is 12.0 Å². The maximum Gasteiger partial charge on any atom is 0.239 e. The van der Waals surface area contributed by atoms with Gasteiger partial charge in [0.25, 0.3) is 0 Å². The van der Waals surface area contributed by atoms with Crippen molar-refractivity contribution >= 4 is 17.5 Å². The molecule has 3 rings (SSSR count). The number of halogens is 3. The van der Waals surface area contributed by atoms with E-state index in [4.69, 9.17) is 0 Å². The van der Waals surface area contributed by atoms with Crippen LogP contribution in [0.2, 0.25) is 0 Å². The highest BCUT2D eigenvalue weighted by Crippen LogP contribution is 2.25. The number of hydrogen-bond donors (Lipinski definition) is 1. The minimum absolute atomic E-state index is 0.169. The molecule has 1 fully saturated rings. The van der Waals surface area contributed by atoms with Gasteiger partial charge in [0.05, 0.1) is 0 Å². The SMILES string of the molecule is O=C(NCCc1cc(F)cc(F)c1)C1CCN(c2ccc(F)cc2)C1=O. The Morgan fingerprint density at radius 3 is 2.35 bits per heavy atom. The number of amides is 2. The second kappa shape index (κ2) is 7.59. The molecule has 1 unspecified atom stereocenters. The molecule has 1 atom stereocenters. The Kier molecular flexibility index (Phi) is 5.25. The molecular formula is C19H17F3N2O2. The highest BCUT2D eigenvalue weighted by atomic mass is 19.1. The average Bonchev–Trinajstić information content (AvgIpc) is 2.96. The lowest BCUT2D eigenvalue weighted by Gasteiger charge is -2.16. The molecule has 7 heteroatoms. The summed E-state index contributed by atoms with van der Waals surface area (Å²) in [6, 6.07) is 8.68. The Morgan fingerprint density at radius 2 is 1.69 bits per heavy atom. The molecule has 2 aromatic carbocycles. The van der Waals surface area contributed by atoms with E-state index in [9.17, 15) is 22.8 Å². The smallest absolute Gasteiger partial charge is 0.239 e. The largest absolute Gasteiger partial charge is 0.355 e. The number of hydrogen-bond acceptors (Lipinski definition) is 2. The van der Waals surface area contributed by atoms with Crippen LogP contribution in [0, 0.1) is 23.4 Å². The van der Waals surface area contributed by atoms with Gasteiger partial charge in [0.15, 0.2) is 0 Å². The van der Waals surface area contributed by atoms with Crippen LogP contribution >= 0.6 is 0 Å². The third-order valence-electron chi connectivity index (χ3n) is 4.30. The van der Waals surface area contributed by atoms with Gasteiger partial charge in [0.2, 0.25) is 11.8 Å². The van der Waals surface area contributed by atoms with E-state index in [-0.39, 0.29) is 18.9 Å². The molecule has 0 aromatic heterocycles. The van der Waals surface area contributed by atoms with Crippen molar-refractivity contribution in [1.29, 1.82) is 0 Å². The van der Waals surface area contributed by atoms with Crippen LogP contribution in [-0.4, -0.2) is 24.9 Å². The molecule has 2 aromatic rings. The van der Waals surface area contributed by atoms with Crippen LogP contribution in [0.4, 0.5) is 18.9 Å². The molecule has 26 heavy (non-hydrogen) atoms. The first-order chi connectivity index (χ1) is 12.4. The molecule has 1 aliphatic heterocycles. The van der Waals surface area contributed by atoms with Crippen molar-refractivity contribution in [3.8, 4) is 0 Å². The fourth-order valence-corrected chi connectivity index (χ4v) is 3.01. The van der Waals surface area contributed by atoms with Crippen LogP contribution in [0.3, 0.4) is 0 Å². The first-order valence-corrected chi connectivity index (χ1v) is 8.23. The van der Waals surface area contributed by atoms with Crippen molar-refractivity contribution in [2.45, 2.75) is 12.8 Å². The zero-order chi connectivity index (χ0) is 18.7. The van der Waals surface area contributed by atoms with Crippen molar-refractivity contribution in [2.75, 3.05) is 18.0 Å². The molecular weight excluding hydrogens is 345 g/mol. The normalized spacial score (nSPS) is 16.8. The second-order valence-electron chi connectivity index (χ2n) is 6.13. The summed E-state index contributed by atoms with van der Waals surface area (Å²) in [6.45, 7) is 0.541. The van der Waals surface area contributed by atoms with Crippen molar-refractivity contribution in [3.05, 3.63) is 65.5 Å². The van der Waals surface area contributed by atoms with Gasteiger partial charge in [-0.1, -0.05) is 0 Å². The van der Waals surface area contributed by atoms with Gasteiger partial charge in [-0.25, -0.2) is 13.2 Å². The van der Waals surface area contributed by atoms with E-state index in [1.165, 1.54) is 41.3 Å². The summed E-state index contributed by atoms with van der Waals surface area (Å²) in [5.41, 5.74) is 0.968. The molecule has 4 nitrogen and oxygen atoms in total. The molecule has 0 radical (unpaired) electrons. The summed E-state index contributed by atoms with van der Waals surface area (Å²) in [5.74, 6) is -3.32. The number of nitrogens with zero attached hydrogens (tertiary/aromatic N) is 1. The van der Waals surface area contributed by atoms with Crippen LogP contribution in [0.5, 0.6) is 0 Å². The van der Waals surface area contributed by atoms with Crippen LogP contribution in [0.15, 0.2) is 42.5 Å². The second-order valence-corrected chi connectivity index (χ2v) is 6.13. The lowest BCUT2D eigenvalue weighted by atomic mass is 10.1. The summed E-state index contributed by atoms with van der Waals surface area (Å²) in [6.07, 6.45) is 0.611. The number of nitrogens with one attached hydrogen (secondary N) is 1. The lowest BCUT2D eigenvalue weighted by molar-refractivity contribution is -0.132. The summed E-state index contributed by atoms with van der Waals surface area (Å²) < 4.78 is 39.3.